The molecule has 3 N–H and O–H groups in total. The quantitative estimate of drug-likeness (QED) is 0.338. The van der Waals surface area contributed by atoms with Crippen LogP contribution in [0.4, 0.5) is 4.39 Å². The van der Waals surface area contributed by atoms with Gasteiger partial charge in [0.05, 0.1) is 24.4 Å². The number of hydrogen-bond acceptors (Lipinski definition) is 4. The number of hydrogen-bond donors (Lipinski definition) is 2. The van der Waals surface area contributed by atoms with Crippen molar-refractivity contribution >= 4 is 28.5 Å². The molecule has 36 heavy (non-hydrogen) atoms. The second-order valence-electron chi connectivity index (χ2n) is 9.56. The van der Waals surface area contributed by atoms with Gasteiger partial charge >= 0.3 is 0 Å². The molecule has 4 aromatic rings. The highest BCUT2D eigenvalue weighted by Gasteiger charge is 2.28. The number of pyridine rings is 1. The lowest BCUT2D eigenvalue weighted by Gasteiger charge is -2.27. The largest absolute Gasteiger partial charge is 0.496 e. The number of benzene rings is 1. The molecule has 1 aliphatic carbocycles. The summed E-state index contributed by atoms with van der Waals surface area (Å²) in [5.41, 5.74) is 10.8. The number of carbonyl (C=O) groups is 1. The Bertz CT molecular complexity index is 1440. The molecule has 9 heteroatoms. The number of primary amides is 1. The van der Waals surface area contributed by atoms with Crippen molar-refractivity contribution in [2.45, 2.75) is 51.5 Å². The van der Waals surface area contributed by atoms with E-state index >= 15 is 0 Å². The maximum atomic E-state index is 14.3. The molecule has 1 aliphatic rings. The van der Waals surface area contributed by atoms with Gasteiger partial charge in [-0.15, -0.1) is 0 Å². The maximum absolute atomic E-state index is 14.3. The molecule has 0 saturated heterocycles. The third-order valence-electron chi connectivity index (χ3n) is 7.58. The van der Waals surface area contributed by atoms with E-state index in [9.17, 15) is 9.18 Å². The molecule has 1 saturated carbocycles. The summed E-state index contributed by atoms with van der Waals surface area (Å²) in [5, 5.41) is 5.68. The zero-order valence-corrected chi connectivity index (χ0v) is 21.3. The maximum Gasteiger partial charge on any atom is 0.220 e. The molecule has 0 unspecified atom stereocenters. The van der Waals surface area contributed by atoms with Crippen LogP contribution in [-0.2, 0) is 4.79 Å². The van der Waals surface area contributed by atoms with E-state index in [0.717, 1.165) is 59.1 Å². The number of ether oxygens (including phenoxy) is 1. The molecule has 7 nitrogen and oxygen atoms in total. The van der Waals surface area contributed by atoms with Gasteiger partial charge < -0.3 is 15.5 Å². The van der Waals surface area contributed by atoms with Gasteiger partial charge in [0, 0.05) is 52.0 Å². The van der Waals surface area contributed by atoms with Crippen molar-refractivity contribution in [2.24, 2.45) is 11.7 Å². The molecule has 1 aromatic carbocycles. The average molecular weight is 510 g/mol. The van der Waals surface area contributed by atoms with Crippen molar-refractivity contribution in [3.63, 3.8) is 0 Å². The van der Waals surface area contributed by atoms with Crippen LogP contribution < -0.4 is 10.5 Å². The Balaban J connectivity index is 1.49. The van der Waals surface area contributed by atoms with E-state index in [1.165, 1.54) is 6.07 Å². The number of rotatable bonds is 6. The predicted octanol–water partition coefficient (Wildman–Crippen LogP) is 5.90. The predicted molar refractivity (Wildman–Crippen MR) is 138 cm³/mol. The number of H-pyrrole nitrogens is 1. The van der Waals surface area contributed by atoms with E-state index in [2.05, 4.69) is 27.6 Å². The standard InChI is InChI=1S/C27H29ClFN5O2/c1-14(24-23(36-3)9-8-22(29)25(24)28)20-12-32-27-19(20)10-17(11-31-27)21-13-33-34(15(21)2)18-6-4-16(5-7-18)26(30)35/h8-14,16,18H,4-7H2,1-3H3,(H2,30,35)(H,31,32)/t14-,16?,18?/m0/s1. The number of amides is 1. The number of carbonyl (C=O) groups excluding carboxylic acids is 1. The zero-order chi connectivity index (χ0) is 25.6. The van der Waals surface area contributed by atoms with Crippen LogP contribution in [0.25, 0.3) is 22.2 Å². The first-order valence-electron chi connectivity index (χ1n) is 12.1. The normalized spacial score (nSPS) is 18.9. The fourth-order valence-corrected chi connectivity index (χ4v) is 5.81. The summed E-state index contributed by atoms with van der Waals surface area (Å²) in [7, 11) is 1.55. The van der Waals surface area contributed by atoms with Crippen LogP contribution >= 0.6 is 11.6 Å². The SMILES string of the molecule is COc1ccc(F)c(Cl)c1[C@@H](C)c1c[nH]c2ncc(-c3cnn(C4CCC(C(N)=O)CC4)c3C)cc12. The van der Waals surface area contributed by atoms with Gasteiger partial charge in [-0.25, -0.2) is 9.37 Å². The summed E-state index contributed by atoms with van der Waals surface area (Å²) < 4.78 is 21.9. The van der Waals surface area contributed by atoms with E-state index in [-0.39, 0.29) is 28.8 Å². The Kier molecular flexibility index (Phi) is 6.47. The highest BCUT2D eigenvalue weighted by Crippen LogP contribution is 2.41. The minimum atomic E-state index is -0.481. The average Bonchev–Trinajstić information content (AvgIpc) is 3.48. The van der Waals surface area contributed by atoms with Gasteiger partial charge in [0.25, 0.3) is 0 Å². The molecule has 5 rings (SSSR count). The molecule has 0 aliphatic heterocycles. The third kappa shape index (κ3) is 4.13. The van der Waals surface area contributed by atoms with Crippen molar-refractivity contribution < 1.29 is 13.9 Å². The van der Waals surface area contributed by atoms with Gasteiger partial charge in [0.15, 0.2) is 0 Å². The highest BCUT2D eigenvalue weighted by molar-refractivity contribution is 6.31. The van der Waals surface area contributed by atoms with Gasteiger partial charge in [0.2, 0.25) is 5.91 Å². The zero-order valence-electron chi connectivity index (χ0n) is 20.5. The number of nitrogens with two attached hydrogens (primary N) is 1. The highest BCUT2D eigenvalue weighted by atomic mass is 35.5. The molecule has 1 atom stereocenters. The topological polar surface area (TPSA) is 98.8 Å². The van der Waals surface area contributed by atoms with Crippen LogP contribution in [0.2, 0.25) is 5.02 Å². The number of methoxy groups -OCH3 is 1. The lowest BCUT2D eigenvalue weighted by atomic mass is 9.85. The summed E-state index contributed by atoms with van der Waals surface area (Å²) in [6.07, 6.45) is 8.94. The first kappa shape index (κ1) is 24.3. The molecule has 3 heterocycles. The summed E-state index contributed by atoms with van der Waals surface area (Å²) >= 11 is 6.37. The van der Waals surface area contributed by atoms with Crippen molar-refractivity contribution in [3.8, 4) is 16.9 Å². The van der Waals surface area contributed by atoms with Gasteiger partial charge in [0.1, 0.15) is 17.2 Å². The Morgan fingerprint density at radius 3 is 2.72 bits per heavy atom. The summed E-state index contributed by atoms with van der Waals surface area (Å²) in [5.74, 6) is -0.429. The van der Waals surface area contributed by atoms with Crippen molar-refractivity contribution in [1.82, 2.24) is 19.7 Å². The van der Waals surface area contributed by atoms with E-state index in [1.807, 2.05) is 25.5 Å². The molecule has 188 valence electrons. The molecule has 0 radical (unpaired) electrons. The number of aromatic nitrogens is 4. The van der Waals surface area contributed by atoms with Gasteiger partial charge in [-0.3, -0.25) is 9.48 Å². The van der Waals surface area contributed by atoms with Crippen molar-refractivity contribution in [3.05, 3.63) is 64.5 Å². The van der Waals surface area contributed by atoms with Crippen LogP contribution in [0.5, 0.6) is 5.75 Å². The third-order valence-corrected chi connectivity index (χ3v) is 7.96. The number of halogens is 2. The van der Waals surface area contributed by atoms with Crippen LogP contribution in [0.15, 0.2) is 36.8 Å². The Morgan fingerprint density at radius 2 is 2.03 bits per heavy atom. The van der Waals surface area contributed by atoms with Crippen molar-refractivity contribution in [2.75, 3.05) is 7.11 Å². The monoisotopic (exact) mass is 509 g/mol. The van der Waals surface area contributed by atoms with Crippen LogP contribution in [0.1, 0.15) is 61.4 Å². The minimum absolute atomic E-state index is 0.0394. The van der Waals surface area contributed by atoms with E-state index in [4.69, 9.17) is 27.2 Å². The number of fused-ring (bicyclic) bond motifs is 1. The summed E-state index contributed by atoms with van der Waals surface area (Å²) in [6.45, 7) is 4.04. The summed E-state index contributed by atoms with van der Waals surface area (Å²) in [4.78, 5) is 19.4. The second-order valence-corrected chi connectivity index (χ2v) is 9.94. The Hall–Kier alpha value is -3.39. The first-order chi connectivity index (χ1) is 17.3. The van der Waals surface area contributed by atoms with Gasteiger partial charge in [-0.1, -0.05) is 18.5 Å². The second kappa shape index (κ2) is 9.58. The molecule has 1 fully saturated rings. The Morgan fingerprint density at radius 1 is 1.28 bits per heavy atom. The molecule has 1 amide bonds. The fraction of sp³-hybridized carbons (Fsp3) is 0.370. The first-order valence-corrected chi connectivity index (χ1v) is 12.5. The lowest BCUT2D eigenvalue weighted by molar-refractivity contribution is -0.122. The molecule has 0 bridgehead atoms. The smallest absolute Gasteiger partial charge is 0.220 e. The van der Waals surface area contributed by atoms with E-state index in [0.29, 0.717) is 11.3 Å². The van der Waals surface area contributed by atoms with E-state index in [1.54, 1.807) is 13.2 Å². The number of nitrogens with zero attached hydrogens (tertiary/aromatic N) is 3. The fourth-order valence-electron chi connectivity index (χ4n) is 5.49. The number of aromatic amines is 1. The van der Waals surface area contributed by atoms with E-state index < -0.39 is 5.82 Å². The van der Waals surface area contributed by atoms with Crippen molar-refractivity contribution in [1.29, 1.82) is 0 Å². The van der Waals surface area contributed by atoms with Gasteiger partial charge in [-0.2, -0.15) is 5.10 Å². The molecular weight excluding hydrogens is 481 g/mol. The lowest BCUT2D eigenvalue weighted by Crippen LogP contribution is -2.29. The molecule has 0 spiro atoms. The van der Waals surface area contributed by atoms with Crippen LogP contribution in [0.3, 0.4) is 0 Å². The minimum Gasteiger partial charge on any atom is -0.496 e. The molecular formula is C27H29ClFN5O2. The van der Waals surface area contributed by atoms with Crippen LogP contribution in [-0.4, -0.2) is 32.8 Å². The van der Waals surface area contributed by atoms with Gasteiger partial charge in [-0.05, 0) is 56.4 Å². The summed E-state index contributed by atoms with van der Waals surface area (Å²) in [6, 6.07) is 5.24. The number of nitrogens with one attached hydrogen (secondary N) is 1. The Labute approximate surface area is 213 Å². The molecule has 3 aromatic heterocycles. The van der Waals surface area contributed by atoms with Crippen LogP contribution in [0, 0.1) is 18.7 Å².